The Morgan fingerprint density at radius 1 is 1.39 bits per heavy atom. The second-order valence-corrected chi connectivity index (χ2v) is 6.24. The van der Waals surface area contributed by atoms with Crippen LogP contribution in [0.3, 0.4) is 0 Å². The summed E-state index contributed by atoms with van der Waals surface area (Å²) in [6.07, 6.45) is -3.24. The Morgan fingerprint density at radius 3 is 2.30 bits per heavy atom. The monoisotopic (exact) mass is 368 g/mol. The van der Waals surface area contributed by atoms with Gasteiger partial charge in [0.2, 0.25) is 5.76 Å². The summed E-state index contributed by atoms with van der Waals surface area (Å²) in [5, 5.41) is 0. The summed E-state index contributed by atoms with van der Waals surface area (Å²) < 4.78 is 98.6. The molecular formula is C11H13F5O6S. The molecule has 23 heavy (non-hydrogen) atoms. The molecule has 1 aliphatic rings. The first-order chi connectivity index (χ1) is 10.3. The second-order valence-electron chi connectivity index (χ2n) is 4.71. The summed E-state index contributed by atoms with van der Waals surface area (Å²) in [5.41, 5.74) is -8.25. The highest BCUT2D eigenvalue weighted by Crippen LogP contribution is 2.45. The Bertz CT molecular complexity index is 611. The molecule has 134 valence electrons. The van der Waals surface area contributed by atoms with Gasteiger partial charge in [0.15, 0.2) is 11.4 Å². The first-order valence-electron chi connectivity index (χ1n) is 6.17. The van der Waals surface area contributed by atoms with Crippen molar-refractivity contribution in [1.29, 1.82) is 0 Å². The minimum atomic E-state index is -6.16. The van der Waals surface area contributed by atoms with E-state index in [1.807, 2.05) is 0 Å². The molecule has 1 aliphatic heterocycles. The molecule has 0 saturated heterocycles. The number of halogens is 5. The minimum absolute atomic E-state index is 0.245. The lowest BCUT2D eigenvalue weighted by Crippen LogP contribution is -2.40. The van der Waals surface area contributed by atoms with Gasteiger partial charge in [0.1, 0.15) is 0 Å². The molecule has 0 bridgehead atoms. The lowest BCUT2D eigenvalue weighted by Gasteiger charge is -2.28. The van der Waals surface area contributed by atoms with E-state index in [9.17, 15) is 35.2 Å². The molecule has 1 rings (SSSR count). The van der Waals surface area contributed by atoms with Crippen molar-refractivity contribution in [1.82, 2.24) is 0 Å². The molecule has 12 heteroatoms. The van der Waals surface area contributed by atoms with Crippen molar-refractivity contribution < 1.29 is 48.8 Å². The van der Waals surface area contributed by atoms with Crippen LogP contribution in [-0.2, 0) is 28.6 Å². The summed E-state index contributed by atoms with van der Waals surface area (Å²) in [6.45, 7) is 2.85. The van der Waals surface area contributed by atoms with E-state index in [4.69, 9.17) is 4.74 Å². The first-order valence-corrected chi connectivity index (χ1v) is 7.58. The van der Waals surface area contributed by atoms with Crippen LogP contribution in [0.15, 0.2) is 11.5 Å². The molecule has 0 amide bonds. The van der Waals surface area contributed by atoms with Gasteiger partial charge in [-0.2, -0.15) is 21.6 Å². The van der Waals surface area contributed by atoms with E-state index < -0.39 is 51.1 Å². The van der Waals surface area contributed by atoms with Crippen LogP contribution in [0.25, 0.3) is 0 Å². The molecule has 6 nitrogen and oxygen atoms in total. The van der Waals surface area contributed by atoms with Gasteiger partial charge in [0.05, 0.1) is 12.5 Å². The van der Waals surface area contributed by atoms with Gasteiger partial charge in [-0.15, -0.1) is 0 Å². The average molecular weight is 368 g/mol. The van der Waals surface area contributed by atoms with E-state index in [0.717, 1.165) is 13.8 Å². The third kappa shape index (κ3) is 3.51. The maximum absolute atomic E-state index is 13.1. The molecule has 0 aromatic carbocycles. The van der Waals surface area contributed by atoms with E-state index in [-0.39, 0.29) is 6.61 Å². The number of hydrogen-bond acceptors (Lipinski definition) is 6. The van der Waals surface area contributed by atoms with Gasteiger partial charge in [-0.1, -0.05) is 6.92 Å². The Hall–Kier alpha value is -1.59. The minimum Gasteiger partial charge on any atom is -0.471 e. The number of ether oxygens (including phenoxy) is 2. The fourth-order valence-corrected chi connectivity index (χ4v) is 2.21. The molecule has 2 atom stereocenters. The largest absolute Gasteiger partial charge is 0.534 e. The molecule has 2 unspecified atom stereocenters. The topological polar surface area (TPSA) is 78.9 Å². The Labute approximate surface area is 128 Å². The number of hydrogen-bond donors (Lipinski definition) is 0. The van der Waals surface area contributed by atoms with Crippen LogP contribution in [0.4, 0.5) is 22.0 Å². The highest BCUT2D eigenvalue weighted by Gasteiger charge is 2.57. The first kappa shape index (κ1) is 19.5. The predicted octanol–water partition coefficient (Wildman–Crippen LogP) is 2.32. The number of rotatable bonds is 5. The van der Waals surface area contributed by atoms with Crippen LogP contribution in [0.2, 0.25) is 0 Å². The zero-order valence-electron chi connectivity index (χ0n) is 12.1. The molecule has 0 saturated carbocycles. The lowest BCUT2D eigenvalue weighted by molar-refractivity contribution is -0.151. The van der Waals surface area contributed by atoms with Gasteiger partial charge in [0.25, 0.3) is 6.43 Å². The van der Waals surface area contributed by atoms with Crippen LogP contribution < -0.4 is 0 Å². The Balaban J connectivity index is 3.34. The highest BCUT2D eigenvalue weighted by molar-refractivity contribution is 7.87. The SMILES string of the molecule is CCOC(=O)C1=C(OS(=O)(=O)C(F)(F)F)C(C)C(C)(C(F)F)O1. The van der Waals surface area contributed by atoms with E-state index in [0.29, 0.717) is 0 Å². The molecule has 1 heterocycles. The quantitative estimate of drug-likeness (QED) is 0.321. The fourth-order valence-electron chi connectivity index (χ4n) is 1.66. The molecule has 0 aromatic heterocycles. The van der Waals surface area contributed by atoms with E-state index >= 15 is 0 Å². The third-order valence-electron chi connectivity index (χ3n) is 3.18. The van der Waals surface area contributed by atoms with Crippen molar-refractivity contribution in [3.05, 3.63) is 11.5 Å². The van der Waals surface area contributed by atoms with E-state index in [2.05, 4.69) is 8.92 Å². The summed E-state index contributed by atoms with van der Waals surface area (Å²) >= 11 is 0. The normalized spacial score (nSPS) is 25.5. The van der Waals surface area contributed by atoms with Crippen molar-refractivity contribution in [3.63, 3.8) is 0 Å². The van der Waals surface area contributed by atoms with Crippen molar-refractivity contribution in [2.45, 2.75) is 38.3 Å². The van der Waals surface area contributed by atoms with Crippen LogP contribution in [0.1, 0.15) is 20.8 Å². The van der Waals surface area contributed by atoms with Crippen LogP contribution in [-0.4, -0.2) is 38.5 Å². The molecule has 0 radical (unpaired) electrons. The predicted molar refractivity (Wildman–Crippen MR) is 64.4 cm³/mol. The molecular weight excluding hydrogens is 355 g/mol. The summed E-state index contributed by atoms with van der Waals surface area (Å²) in [7, 11) is -6.16. The van der Waals surface area contributed by atoms with Gasteiger partial charge in [-0.3, -0.25) is 0 Å². The van der Waals surface area contributed by atoms with Gasteiger partial charge in [-0.25, -0.2) is 13.6 Å². The smallest absolute Gasteiger partial charge is 0.471 e. The van der Waals surface area contributed by atoms with E-state index in [1.54, 1.807) is 0 Å². The Kier molecular flexibility index (Phi) is 5.19. The molecule has 0 spiro atoms. The van der Waals surface area contributed by atoms with E-state index in [1.165, 1.54) is 6.92 Å². The average Bonchev–Trinajstić information content (AvgIpc) is 2.63. The van der Waals surface area contributed by atoms with Gasteiger partial charge in [-0.05, 0) is 13.8 Å². The Morgan fingerprint density at radius 2 is 1.91 bits per heavy atom. The maximum atomic E-state index is 13.1. The molecule has 0 fully saturated rings. The van der Waals surface area contributed by atoms with Gasteiger partial charge in [0, 0.05) is 0 Å². The number of alkyl halides is 5. The zero-order chi connectivity index (χ0) is 18.2. The lowest BCUT2D eigenvalue weighted by atomic mass is 9.91. The molecule has 0 N–H and O–H groups in total. The maximum Gasteiger partial charge on any atom is 0.534 e. The van der Waals surface area contributed by atoms with Crippen molar-refractivity contribution in [3.8, 4) is 0 Å². The van der Waals surface area contributed by atoms with Crippen molar-refractivity contribution >= 4 is 16.1 Å². The van der Waals surface area contributed by atoms with Crippen LogP contribution in [0, 0.1) is 5.92 Å². The fraction of sp³-hybridized carbons (Fsp3) is 0.727. The number of esters is 1. The number of carbonyl (C=O) groups excluding carboxylic acids is 1. The molecule has 0 aliphatic carbocycles. The molecule has 0 aromatic rings. The van der Waals surface area contributed by atoms with Gasteiger partial charge >= 0.3 is 21.6 Å². The summed E-state index contributed by atoms with van der Waals surface area (Å²) in [6, 6.07) is 0. The van der Waals surface area contributed by atoms with Crippen molar-refractivity contribution in [2.75, 3.05) is 6.61 Å². The van der Waals surface area contributed by atoms with Gasteiger partial charge < -0.3 is 13.7 Å². The van der Waals surface area contributed by atoms with Crippen LogP contribution in [0.5, 0.6) is 0 Å². The summed E-state index contributed by atoms with van der Waals surface area (Å²) in [5.74, 6) is -5.37. The standard InChI is InChI=1S/C11H13F5O6S/c1-4-20-8(17)7-6(22-23(18,19)11(14,15)16)5(2)10(3,21-7)9(12)13/h5,9H,4H2,1-3H3. The highest BCUT2D eigenvalue weighted by atomic mass is 32.2. The zero-order valence-corrected chi connectivity index (χ0v) is 12.9. The third-order valence-corrected chi connectivity index (χ3v) is 4.14. The van der Waals surface area contributed by atoms with Crippen molar-refractivity contribution in [2.24, 2.45) is 5.92 Å². The summed E-state index contributed by atoms with van der Waals surface area (Å²) in [4.78, 5) is 11.6. The number of carbonyl (C=O) groups is 1. The second kappa shape index (κ2) is 6.13. The van der Waals surface area contributed by atoms with Crippen LogP contribution >= 0.6 is 0 Å².